The van der Waals surface area contributed by atoms with Crippen molar-refractivity contribution in [3.05, 3.63) is 23.8 Å². The van der Waals surface area contributed by atoms with Crippen LogP contribution in [0.25, 0.3) is 0 Å². The van der Waals surface area contributed by atoms with Crippen LogP contribution in [-0.4, -0.2) is 44.7 Å². The average molecular weight is 269 g/mol. The maximum Gasteiger partial charge on any atom is 0.265 e. The summed E-state index contributed by atoms with van der Waals surface area (Å²) >= 11 is 0. The lowest BCUT2D eigenvalue weighted by Gasteiger charge is -2.36. The zero-order chi connectivity index (χ0) is 13.8. The zero-order valence-electron chi connectivity index (χ0n) is 11.5. The summed E-state index contributed by atoms with van der Waals surface area (Å²) in [4.78, 5) is 4.40. The van der Waals surface area contributed by atoms with Gasteiger partial charge in [-0.25, -0.2) is 8.78 Å². The summed E-state index contributed by atoms with van der Waals surface area (Å²) in [6.45, 7) is 6.65. The van der Waals surface area contributed by atoms with Crippen LogP contribution in [0.1, 0.15) is 18.9 Å². The van der Waals surface area contributed by atoms with Gasteiger partial charge in [-0.15, -0.1) is 0 Å². The Morgan fingerprint density at radius 2 is 1.89 bits per heavy atom. The Labute approximate surface area is 113 Å². The van der Waals surface area contributed by atoms with E-state index < -0.39 is 6.43 Å². The summed E-state index contributed by atoms with van der Waals surface area (Å²) in [5, 5.41) is 2.91. The van der Waals surface area contributed by atoms with Gasteiger partial charge in [0, 0.05) is 50.2 Å². The van der Waals surface area contributed by atoms with E-state index in [-0.39, 0.29) is 5.56 Å². The second-order valence-electron chi connectivity index (χ2n) is 4.75. The summed E-state index contributed by atoms with van der Waals surface area (Å²) in [5.41, 5.74) is 1.52. The van der Waals surface area contributed by atoms with E-state index in [9.17, 15) is 8.78 Å². The first kappa shape index (κ1) is 14.1. The Morgan fingerprint density at radius 3 is 2.42 bits per heavy atom. The highest BCUT2D eigenvalue weighted by Crippen LogP contribution is 2.32. The lowest BCUT2D eigenvalue weighted by Crippen LogP contribution is -2.46. The molecule has 1 fully saturated rings. The Balaban J connectivity index is 2.20. The molecule has 106 valence electrons. The van der Waals surface area contributed by atoms with E-state index >= 15 is 0 Å². The third-order valence-electron chi connectivity index (χ3n) is 3.71. The van der Waals surface area contributed by atoms with Crippen molar-refractivity contribution in [2.75, 3.05) is 50.0 Å². The molecular weight excluding hydrogens is 248 g/mol. The number of rotatable bonds is 4. The van der Waals surface area contributed by atoms with Gasteiger partial charge in [-0.2, -0.15) is 0 Å². The molecule has 0 bridgehead atoms. The predicted molar refractivity (Wildman–Crippen MR) is 75.3 cm³/mol. The second-order valence-corrected chi connectivity index (χ2v) is 4.75. The molecule has 5 heteroatoms. The molecule has 0 aliphatic carbocycles. The summed E-state index contributed by atoms with van der Waals surface area (Å²) in [6, 6.07) is 5.20. The van der Waals surface area contributed by atoms with Crippen molar-refractivity contribution >= 4 is 11.4 Å². The molecule has 1 aromatic carbocycles. The number of nitrogens with zero attached hydrogens (tertiary/aromatic N) is 2. The third kappa shape index (κ3) is 3.15. The molecule has 0 unspecified atom stereocenters. The smallest absolute Gasteiger partial charge is 0.265 e. The van der Waals surface area contributed by atoms with Crippen LogP contribution in [0, 0.1) is 0 Å². The second kappa shape index (κ2) is 6.19. The fourth-order valence-electron chi connectivity index (χ4n) is 2.48. The van der Waals surface area contributed by atoms with Crippen LogP contribution in [0.15, 0.2) is 18.2 Å². The largest absolute Gasteiger partial charge is 0.388 e. The average Bonchev–Trinajstić information content (AvgIpc) is 2.46. The highest BCUT2D eigenvalue weighted by atomic mass is 19.3. The molecule has 1 heterocycles. The first-order valence-corrected chi connectivity index (χ1v) is 6.72. The molecule has 0 atom stereocenters. The molecular formula is C14H21F2N3. The van der Waals surface area contributed by atoms with Crippen LogP contribution in [0.3, 0.4) is 0 Å². The van der Waals surface area contributed by atoms with Crippen LogP contribution in [-0.2, 0) is 0 Å². The van der Waals surface area contributed by atoms with Gasteiger partial charge in [0.15, 0.2) is 0 Å². The van der Waals surface area contributed by atoms with Crippen molar-refractivity contribution in [2.24, 2.45) is 0 Å². The van der Waals surface area contributed by atoms with Gasteiger partial charge in [0.1, 0.15) is 0 Å². The molecule has 0 radical (unpaired) electrons. The SMILES string of the molecule is CCN1CCN(c2ccc(NC)cc2C(F)F)CC1. The topological polar surface area (TPSA) is 18.5 Å². The minimum absolute atomic E-state index is 0.122. The van der Waals surface area contributed by atoms with E-state index in [1.807, 2.05) is 6.07 Å². The van der Waals surface area contributed by atoms with Gasteiger partial charge in [-0.05, 0) is 24.7 Å². The molecule has 1 aliphatic heterocycles. The summed E-state index contributed by atoms with van der Waals surface area (Å²) in [6.07, 6.45) is -2.44. The molecule has 19 heavy (non-hydrogen) atoms. The van der Waals surface area contributed by atoms with Gasteiger partial charge in [-0.3, -0.25) is 0 Å². The van der Waals surface area contributed by atoms with E-state index in [1.165, 1.54) is 0 Å². The maximum atomic E-state index is 13.2. The molecule has 0 amide bonds. The van der Waals surface area contributed by atoms with Crippen LogP contribution >= 0.6 is 0 Å². The molecule has 1 aliphatic rings. The lowest BCUT2D eigenvalue weighted by molar-refractivity contribution is 0.151. The number of nitrogens with one attached hydrogen (secondary N) is 1. The number of anilines is 2. The van der Waals surface area contributed by atoms with E-state index in [2.05, 4.69) is 22.0 Å². The van der Waals surface area contributed by atoms with Gasteiger partial charge in [0.25, 0.3) is 6.43 Å². The van der Waals surface area contributed by atoms with E-state index in [0.29, 0.717) is 5.69 Å². The molecule has 1 aromatic rings. The first-order valence-electron chi connectivity index (χ1n) is 6.72. The Morgan fingerprint density at radius 1 is 1.21 bits per heavy atom. The van der Waals surface area contributed by atoms with Crippen molar-refractivity contribution in [2.45, 2.75) is 13.3 Å². The number of hydrogen-bond donors (Lipinski definition) is 1. The normalized spacial score (nSPS) is 17.0. The van der Waals surface area contributed by atoms with Gasteiger partial charge in [0.05, 0.1) is 0 Å². The zero-order valence-corrected chi connectivity index (χ0v) is 11.5. The minimum atomic E-state index is -2.44. The van der Waals surface area contributed by atoms with Crippen LogP contribution < -0.4 is 10.2 Å². The minimum Gasteiger partial charge on any atom is -0.388 e. The Bertz CT molecular complexity index is 415. The molecule has 2 rings (SSSR count). The van der Waals surface area contributed by atoms with Gasteiger partial charge >= 0.3 is 0 Å². The number of halogens is 2. The number of benzene rings is 1. The first-order chi connectivity index (χ1) is 9.15. The Kier molecular flexibility index (Phi) is 4.58. The Hall–Kier alpha value is -1.36. The fourth-order valence-corrected chi connectivity index (χ4v) is 2.48. The molecule has 0 spiro atoms. The van der Waals surface area contributed by atoms with Crippen LogP contribution in [0.4, 0.5) is 20.2 Å². The number of hydrogen-bond acceptors (Lipinski definition) is 3. The third-order valence-corrected chi connectivity index (χ3v) is 3.71. The maximum absolute atomic E-state index is 13.2. The van der Waals surface area contributed by atoms with Crippen LogP contribution in [0.2, 0.25) is 0 Å². The van der Waals surface area contributed by atoms with Crippen molar-refractivity contribution in [1.82, 2.24) is 4.90 Å². The molecule has 1 saturated heterocycles. The predicted octanol–water partition coefficient (Wildman–Crippen LogP) is 2.81. The lowest BCUT2D eigenvalue weighted by atomic mass is 10.1. The highest BCUT2D eigenvalue weighted by Gasteiger charge is 2.21. The van der Waals surface area contributed by atoms with Crippen molar-refractivity contribution in [1.29, 1.82) is 0 Å². The molecule has 0 aromatic heterocycles. The van der Waals surface area contributed by atoms with Crippen LogP contribution in [0.5, 0.6) is 0 Å². The number of piperazine rings is 1. The quantitative estimate of drug-likeness (QED) is 0.906. The highest BCUT2D eigenvalue weighted by molar-refractivity contribution is 5.61. The van der Waals surface area contributed by atoms with E-state index in [1.54, 1.807) is 19.2 Å². The molecule has 1 N–H and O–H groups in total. The monoisotopic (exact) mass is 269 g/mol. The van der Waals surface area contributed by atoms with Gasteiger partial charge in [-0.1, -0.05) is 6.92 Å². The van der Waals surface area contributed by atoms with Crippen molar-refractivity contribution < 1.29 is 8.78 Å². The van der Waals surface area contributed by atoms with Gasteiger partial charge in [0.2, 0.25) is 0 Å². The molecule has 3 nitrogen and oxygen atoms in total. The van der Waals surface area contributed by atoms with Crippen molar-refractivity contribution in [3.63, 3.8) is 0 Å². The summed E-state index contributed by atoms with van der Waals surface area (Å²) in [5.74, 6) is 0. The fraction of sp³-hybridized carbons (Fsp3) is 0.571. The van der Waals surface area contributed by atoms with E-state index in [0.717, 1.165) is 38.4 Å². The molecule has 0 saturated carbocycles. The summed E-state index contributed by atoms with van der Waals surface area (Å²) < 4.78 is 26.4. The van der Waals surface area contributed by atoms with Gasteiger partial charge < -0.3 is 15.1 Å². The van der Waals surface area contributed by atoms with E-state index in [4.69, 9.17) is 0 Å². The summed E-state index contributed by atoms with van der Waals surface area (Å²) in [7, 11) is 1.74. The number of likely N-dealkylation sites (N-methyl/N-ethyl adjacent to an activating group) is 1. The standard InChI is InChI=1S/C14H21F2N3/c1-3-18-6-8-19(9-7-18)13-5-4-11(17-2)10-12(13)14(15)16/h4-5,10,14,17H,3,6-9H2,1-2H3. The van der Waals surface area contributed by atoms with Crippen molar-refractivity contribution in [3.8, 4) is 0 Å². The number of alkyl halides is 2.